The molecule has 0 aliphatic heterocycles. The van der Waals surface area contributed by atoms with E-state index in [0.717, 1.165) is 19.3 Å². The van der Waals surface area contributed by atoms with Crippen LogP contribution in [0.4, 0.5) is 0 Å². The summed E-state index contributed by atoms with van der Waals surface area (Å²) in [6.07, 6.45) is 4.28. The maximum Gasteiger partial charge on any atom is 0.326 e. The Kier molecular flexibility index (Phi) is 7.99. The van der Waals surface area contributed by atoms with E-state index in [0.29, 0.717) is 25.0 Å². The number of carbonyl (C=O) groups is 3. The lowest BCUT2D eigenvalue weighted by molar-refractivity contribution is -0.160. The number of benzene rings is 1. The van der Waals surface area contributed by atoms with Gasteiger partial charge in [0.1, 0.15) is 11.6 Å². The molecule has 7 nitrogen and oxygen atoms in total. The van der Waals surface area contributed by atoms with E-state index in [9.17, 15) is 14.4 Å². The van der Waals surface area contributed by atoms with E-state index in [4.69, 9.17) is 4.74 Å². The average molecular weight is 389 g/mol. The largest absolute Gasteiger partial charge is 0.465 e. The van der Waals surface area contributed by atoms with Crippen molar-refractivity contribution in [3.63, 3.8) is 0 Å². The predicted molar refractivity (Wildman–Crippen MR) is 106 cm³/mol. The minimum absolute atomic E-state index is 0.0130. The van der Waals surface area contributed by atoms with Gasteiger partial charge in [0.25, 0.3) is 0 Å². The molecule has 1 aromatic carbocycles. The van der Waals surface area contributed by atoms with Gasteiger partial charge in [-0.15, -0.1) is 0 Å². The van der Waals surface area contributed by atoms with Gasteiger partial charge in [-0.05, 0) is 32.4 Å². The fourth-order valence-corrected chi connectivity index (χ4v) is 3.81. The summed E-state index contributed by atoms with van der Waals surface area (Å²) in [7, 11) is 3.31. The van der Waals surface area contributed by atoms with Gasteiger partial charge in [-0.2, -0.15) is 0 Å². The Morgan fingerprint density at radius 2 is 1.79 bits per heavy atom. The average Bonchev–Trinajstić information content (AvgIpc) is 2.72. The maximum absolute atomic E-state index is 12.7. The molecule has 1 unspecified atom stereocenters. The van der Waals surface area contributed by atoms with Crippen LogP contribution < -0.4 is 10.6 Å². The van der Waals surface area contributed by atoms with Gasteiger partial charge in [0, 0.05) is 7.05 Å². The minimum atomic E-state index is -0.781. The number of hydrogen-bond donors (Lipinski definition) is 2. The molecule has 1 atom stereocenters. The third-order valence-electron chi connectivity index (χ3n) is 5.39. The summed E-state index contributed by atoms with van der Waals surface area (Å²) in [4.78, 5) is 39.5. The van der Waals surface area contributed by atoms with Crippen LogP contribution in [0.5, 0.6) is 0 Å². The van der Waals surface area contributed by atoms with Crippen LogP contribution in [0, 0.1) is 0 Å². The molecule has 2 amide bonds. The van der Waals surface area contributed by atoms with Crippen molar-refractivity contribution in [2.24, 2.45) is 0 Å². The fraction of sp³-hybridized carbons (Fsp3) is 0.571. The molecule has 0 bridgehead atoms. The minimum Gasteiger partial charge on any atom is -0.465 e. The second kappa shape index (κ2) is 10.2. The van der Waals surface area contributed by atoms with Crippen molar-refractivity contribution >= 4 is 17.8 Å². The van der Waals surface area contributed by atoms with Gasteiger partial charge in [-0.1, -0.05) is 49.6 Å². The Morgan fingerprint density at radius 3 is 2.36 bits per heavy atom. The second-order valence-electron chi connectivity index (χ2n) is 7.19. The quantitative estimate of drug-likeness (QED) is 0.662. The van der Waals surface area contributed by atoms with Crippen molar-refractivity contribution in [2.45, 2.75) is 50.6 Å². The highest BCUT2D eigenvalue weighted by Crippen LogP contribution is 2.34. The third kappa shape index (κ3) is 5.10. The lowest BCUT2D eigenvalue weighted by Gasteiger charge is -2.42. The molecule has 1 aromatic rings. The molecule has 0 radical (unpaired) electrons. The molecule has 2 N–H and O–H groups in total. The zero-order chi connectivity index (χ0) is 20.6. The highest BCUT2D eigenvalue weighted by Gasteiger charge is 2.45. The Balaban J connectivity index is 2.12. The highest BCUT2D eigenvalue weighted by molar-refractivity contribution is 5.89. The predicted octanol–water partition coefficient (Wildman–Crippen LogP) is 1.79. The summed E-state index contributed by atoms with van der Waals surface area (Å²) in [6.45, 7) is 2.11. The molecule has 1 fully saturated rings. The zero-order valence-corrected chi connectivity index (χ0v) is 17.0. The van der Waals surface area contributed by atoms with Crippen LogP contribution in [0.3, 0.4) is 0 Å². The lowest BCUT2D eigenvalue weighted by Crippen LogP contribution is -2.57. The standard InChI is InChI=1S/C21H31N3O4/c1-4-28-20(27)21(13-9-6-10-14-21)24(3)15-17(25)23-18(19(26)22-2)16-11-7-5-8-12-16/h5,7-8,11-12,18H,4,6,9-10,13-15H2,1-3H3,(H,22,26)(H,23,25). The number of nitrogens with zero attached hydrogens (tertiary/aromatic N) is 1. The first-order chi connectivity index (χ1) is 13.4. The molecule has 0 heterocycles. The zero-order valence-electron chi connectivity index (χ0n) is 17.0. The summed E-state index contributed by atoms with van der Waals surface area (Å²) < 4.78 is 5.32. The molecule has 154 valence electrons. The third-order valence-corrected chi connectivity index (χ3v) is 5.39. The molecule has 0 aromatic heterocycles. The fourth-order valence-electron chi connectivity index (χ4n) is 3.81. The first-order valence-electron chi connectivity index (χ1n) is 9.89. The number of nitrogens with one attached hydrogen (secondary N) is 2. The van der Waals surface area contributed by atoms with Crippen molar-refractivity contribution < 1.29 is 19.1 Å². The summed E-state index contributed by atoms with van der Waals surface area (Å²) in [6, 6.07) is 8.31. The van der Waals surface area contributed by atoms with Gasteiger partial charge in [0.15, 0.2) is 0 Å². The molecule has 2 rings (SSSR count). The first-order valence-corrected chi connectivity index (χ1v) is 9.89. The van der Waals surface area contributed by atoms with E-state index in [1.807, 2.05) is 18.2 Å². The highest BCUT2D eigenvalue weighted by atomic mass is 16.5. The van der Waals surface area contributed by atoms with Gasteiger partial charge in [-0.3, -0.25) is 19.3 Å². The Labute approximate surface area is 166 Å². The number of rotatable bonds is 8. The van der Waals surface area contributed by atoms with Crippen molar-refractivity contribution in [1.29, 1.82) is 0 Å². The summed E-state index contributed by atoms with van der Waals surface area (Å²) in [5.74, 6) is -0.870. The molecule has 7 heteroatoms. The molecule has 0 spiro atoms. The Bertz CT molecular complexity index is 671. The molecule has 1 aliphatic rings. The molecule has 28 heavy (non-hydrogen) atoms. The van der Waals surface area contributed by atoms with Gasteiger partial charge in [0.05, 0.1) is 13.2 Å². The summed E-state index contributed by atoms with van der Waals surface area (Å²) in [5, 5.41) is 5.38. The normalized spacial score (nSPS) is 16.9. The maximum atomic E-state index is 12.7. The van der Waals surface area contributed by atoms with E-state index in [-0.39, 0.29) is 24.3 Å². The number of amides is 2. The van der Waals surface area contributed by atoms with E-state index in [1.54, 1.807) is 31.0 Å². The molecule has 1 aliphatic carbocycles. The summed E-state index contributed by atoms with van der Waals surface area (Å²) in [5.41, 5.74) is -0.0726. The van der Waals surface area contributed by atoms with Crippen LogP contribution in [0.2, 0.25) is 0 Å². The van der Waals surface area contributed by atoms with Crippen molar-refractivity contribution in [2.75, 3.05) is 27.2 Å². The number of carbonyl (C=O) groups excluding carboxylic acids is 3. The van der Waals surface area contributed by atoms with Gasteiger partial charge >= 0.3 is 5.97 Å². The molecular formula is C21H31N3O4. The number of ether oxygens (including phenoxy) is 1. The SMILES string of the molecule is CCOC(=O)C1(N(C)CC(=O)NC(C(=O)NC)c2ccccc2)CCCCC1. The Morgan fingerprint density at radius 1 is 1.14 bits per heavy atom. The number of likely N-dealkylation sites (N-methyl/N-ethyl adjacent to an activating group) is 2. The van der Waals surface area contributed by atoms with Crippen LogP contribution in [0.25, 0.3) is 0 Å². The first kappa shape index (κ1) is 21.9. The second-order valence-corrected chi connectivity index (χ2v) is 7.19. The van der Waals surface area contributed by atoms with Gasteiger partial charge < -0.3 is 15.4 Å². The number of hydrogen-bond acceptors (Lipinski definition) is 5. The van der Waals surface area contributed by atoms with E-state index < -0.39 is 11.6 Å². The monoisotopic (exact) mass is 389 g/mol. The Hall–Kier alpha value is -2.41. The van der Waals surface area contributed by atoms with E-state index in [1.165, 1.54) is 7.05 Å². The van der Waals surface area contributed by atoms with E-state index in [2.05, 4.69) is 10.6 Å². The van der Waals surface area contributed by atoms with E-state index >= 15 is 0 Å². The van der Waals surface area contributed by atoms with Crippen LogP contribution in [0.1, 0.15) is 50.6 Å². The lowest BCUT2D eigenvalue weighted by atomic mass is 9.80. The van der Waals surface area contributed by atoms with Gasteiger partial charge in [0.2, 0.25) is 11.8 Å². The molecular weight excluding hydrogens is 358 g/mol. The van der Waals surface area contributed by atoms with Gasteiger partial charge in [-0.25, -0.2) is 0 Å². The molecule has 0 saturated heterocycles. The topological polar surface area (TPSA) is 87.7 Å². The van der Waals surface area contributed by atoms with Crippen LogP contribution in [-0.4, -0.2) is 55.5 Å². The van der Waals surface area contributed by atoms with Crippen LogP contribution in [0.15, 0.2) is 30.3 Å². The van der Waals surface area contributed by atoms with Crippen LogP contribution in [-0.2, 0) is 19.1 Å². The smallest absolute Gasteiger partial charge is 0.326 e. The van der Waals surface area contributed by atoms with Crippen LogP contribution >= 0.6 is 0 Å². The summed E-state index contributed by atoms with van der Waals surface area (Å²) >= 11 is 0. The number of esters is 1. The van der Waals surface area contributed by atoms with Crippen molar-refractivity contribution in [3.05, 3.63) is 35.9 Å². The molecule has 1 saturated carbocycles. The van der Waals surface area contributed by atoms with Crippen molar-refractivity contribution in [1.82, 2.24) is 15.5 Å². The van der Waals surface area contributed by atoms with Crippen molar-refractivity contribution in [3.8, 4) is 0 Å².